The van der Waals surface area contributed by atoms with Crippen LogP contribution in [0, 0.1) is 0 Å². The molecule has 2 rings (SSSR count). The lowest BCUT2D eigenvalue weighted by molar-refractivity contribution is -0.123. The average molecular weight is 373 g/mol. The maximum Gasteiger partial charge on any atom is 0.286 e. The van der Waals surface area contributed by atoms with Crippen LogP contribution < -0.4 is 15.6 Å². The lowest BCUT2D eigenvalue weighted by Gasteiger charge is -2.09. The van der Waals surface area contributed by atoms with Gasteiger partial charge in [-0.15, -0.1) is 0 Å². The first-order valence-electron chi connectivity index (χ1n) is 5.86. The van der Waals surface area contributed by atoms with E-state index < -0.39 is 11.8 Å². The van der Waals surface area contributed by atoms with Gasteiger partial charge in [-0.05, 0) is 34.1 Å². The molecule has 2 aromatic rings. The van der Waals surface area contributed by atoms with E-state index in [0.29, 0.717) is 16.5 Å². The van der Waals surface area contributed by atoms with E-state index in [1.54, 1.807) is 36.5 Å². The van der Waals surface area contributed by atoms with Crippen LogP contribution >= 0.6 is 27.5 Å². The van der Waals surface area contributed by atoms with Crippen molar-refractivity contribution in [3.8, 4) is 5.75 Å². The quantitative estimate of drug-likeness (QED) is 0.720. The van der Waals surface area contributed by atoms with Gasteiger partial charge in [0.25, 0.3) is 11.8 Å². The Balaban J connectivity index is 1.78. The zero-order chi connectivity index (χ0) is 15.2. The summed E-state index contributed by atoms with van der Waals surface area (Å²) in [6.45, 7) is -0.265. The number of para-hydroxylation sites is 1. The molecular weight excluding hydrogens is 362 g/mol. The van der Waals surface area contributed by atoms with Gasteiger partial charge in [0, 0.05) is 10.7 Å². The van der Waals surface area contributed by atoms with Crippen LogP contribution in [0.1, 0.15) is 10.5 Å². The number of carbonyl (C=O) groups excluding carboxylic acids is 2. The van der Waals surface area contributed by atoms with Crippen LogP contribution in [0.5, 0.6) is 5.75 Å². The highest BCUT2D eigenvalue weighted by molar-refractivity contribution is 9.10. The molecule has 0 spiro atoms. The molecule has 3 N–H and O–H groups in total. The standard InChI is InChI=1S/C13H11BrClN3O3/c14-8-5-10(16-6-8)13(20)18-17-12(19)7-21-11-4-2-1-3-9(11)15/h1-6,16H,7H2,(H,17,19)(H,18,20). The van der Waals surface area contributed by atoms with Gasteiger partial charge >= 0.3 is 0 Å². The fraction of sp³-hybridized carbons (Fsp3) is 0.0769. The van der Waals surface area contributed by atoms with E-state index in [0.717, 1.165) is 4.47 Å². The van der Waals surface area contributed by atoms with Gasteiger partial charge in [0.1, 0.15) is 11.4 Å². The number of hydrazine groups is 1. The molecule has 2 amide bonds. The molecule has 0 fully saturated rings. The Morgan fingerprint density at radius 3 is 2.71 bits per heavy atom. The smallest absolute Gasteiger partial charge is 0.286 e. The lowest BCUT2D eigenvalue weighted by atomic mass is 10.3. The van der Waals surface area contributed by atoms with Crippen LogP contribution in [-0.2, 0) is 4.79 Å². The summed E-state index contributed by atoms with van der Waals surface area (Å²) in [6.07, 6.45) is 1.61. The van der Waals surface area contributed by atoms with Crippen molar-refractivity contribution in [3.05, 3.63) is 51.7 Å². The zero-order valence-electron chi connectivity index (χ0n) is 10.7. The number of rotatable bonds is 4. The first-order valence-corrected chi connectivity index (χ1v) is 7.04. The summed E-state index contributed by atoms with van der Waals surface area (Å²) in [4.78, 5) is 25.9. The average Bonchev–Trinajstić information content (AvgIpc) is 2.90. The number of hydrogen-bond acceptors (Lipinski definition) is 3. The molecule has 8 heteroatoms. The van der Waals surface area contributed by atoms with Crippen LogP contribution in [0.4, 0.5) is 0 Å². The predicted octanol–water partition coefficient (Wildman–Crippen LogP) is 2.27. The summed E-state index contributed by atoms with van der Waals surface area (Å²) in [7, 11) is 0. The summed E-state index contributed by atoms with van der Waals surface area (Å²) in [5.74, 6) is -0.574. The van der Waals surface area contributed by atoms with Crippen LogP contribution in [-0.4, -0.2) is 23.4 Å². The molecular formula is C13H11BrClN3O3. The van der Waals surface area contributed by atoms with Crippen LogP contribution in [0.3, 0.4) is 0 Å². The molecule has 1 aromatic carbocycles. The Morgan fingerprint density at radius 1 is 1.29 bits per heavy atom. The van der Waals surface area contributed by atoms with E-state index >= 15 is 0 Å². The van der Waals surface area contributed by atoms with E-state index in [2.05, 4.69) is 31.8 Å². The van der Waals surface area contributed by atoms with Gasteiger partial charge in [0.05, 0.1) is 5.02 Å². The number of aromatic amines is 1. The summed E-state index contributed by atoms with van der Waals surface area (Å²) in [5, 5.41) is 0.408. The number of ether oxygens (including phenoxy) is 1. The van der Waals surface area contributed by atoms with Crippen molar-refractivity contribution in [3.63, 3.8) is 0 Å². The minimum Gasteiger partial charge on any atom is -0.482 e. The van der Waals surface area contributed by atoms with Crippen molar-refractivity contribution in [2.45, 2.75) is 0 Å². The number of benzene rings is 1. The van der Waals surface area contributed by atoms with Crippen molar-refractivity contribution < 1.29 is 14.3 Å². The van der Waals surface area contributed by atoms with Crippen molar-refractivity contribution in [1.82, 2.24) is 15.8 Å². The van der Waals surface area contributed by atoms with Gasteiger partial charge in [-0.25, -0.2) is 0 Å². The van der Waals surface area contributed by atoms with E-state index in [9.17, 15) is 9.59 Å². The fourth-order valence-electron chi connectivity index (χ4n) is 1.43. The number of amides is 2. The van der Waals surface area contributed by atoms with Gasteiger partial charge in [-0.3, -0.25) is 20.4 Å². The van der Waals surface area contributed by atoms with Crippen LogP contribution in [0.15, 0.2) is 41.0 Å². The molecule has 0 saturated carbocycles. The zero-order valence-corrected chi connectivity index (χ0v) is 13.0. The van der Waals surface area contributed by atoms with Crippen LogP contribution in [0.25, 0.3) is 0 Å². The lowest BCUT2D eigenvalue weighted by Crippen LogP contribution is -2.43. The number of nitrogens with one attached hydrogen (secondary N) is 3. The normalized spacial score (nSPS) is 10.0. The number of hydrogen-bond donors (Lipinski definition) is 3. The van der Waals surface area contributed by atoms with Gasteiger partial charge in [-0.1, -0.05) is 23.7 Å². The highest BCUT2D eigenvalue weighted by atomic mass is 79.9. The number of carbonyl (C=O) groups is 2. The molecule has 0 aliphatic rings. The molecule has 110 valence electrons. The second-order valence-corrected chi connectivity index (χ2v) is 5.28. The largest absolute Gasteiger partial charge is 0.482 e. The first kappa shape index (κ1) is 15.4. The minimum absolute atomic E-state index is 0.265. The second-order valence-electron chi connectivity index (χ2n) is 3.95. The predicted molar refractivity (Wildman–Crippen MR) is 81.0 cm³/mol. The Kier molecular flexibility index (Phi) is 5.24. The Labute approximate surface area is 133 Å². The first-order chi connectivity index (χ1) is 10.1. The summed E-state index contributed by atoms with van der Waals surface area (Å²) in [6, 6.07) is 8.38. The van der Waals surface area contributed by atoms with Gasteiger partial charge < -0.3 is 9.72 Å². The highest BCUT2D eigenvalue weighted by Gasteiger charge is 2.10. The third-order valence-corrected chi connectivity index (χ3v) is 3.17. The molecule has 0 bridgehead atoms. The van der Waals surface area contributed by atoms with E-state index in [1.807, 2.05) is 0 Å². The summed E-state index contributed by atoms with van der Waals surface area (Å²) in [5.41, 5.74) is 4.81. The van der Waals surface area contributed by atoms with E-state index in [4.69, 9.17) is 16.3 Å². The number of H-pyrrole nitrogens is 1. The third kappa shape index (κ3) is 4.51. The highest BCUT2D eigenvalue weighted by Crippen LogP contribution is 2.22. The topological polar surface area (TPSA) is 83.2 Å². The van der Waals surface area contributed by atoms with Gasteiger partial charge in [0.2, 0.25) is 0 Å². The molecule has 6 nitrogen and oxygen atoms in total. The summed E-state index contributed by atoms with van der Waals surface area (Å²) < 4.78 is 5.97. The van der Waals surface area contributed by atoms with Crippen molar-refractivity contribution in [1.29, 1.82) is 0 Å². The molecule has 0 unspecified atom stereocenters. The number of aromatic nitrogens is 1. The van der Waals surface area contributed by atoms with Crippen molar-refractivity contribution in [2.24, 2.45) is 0 Å². The minimum atomic E-state index is -0.506. The Bertz CT molecular complexity index is 660. The van der Waals surface area contributed by atoms with E-state index in [-0.39, 0.29) is 6.61 Å². The molecule has 1 heterocycles. The Hall–Kier alpha value is -1.99. The van der Waals surface area contributed by atoms with Gasteiger partial charge in [0.15, 0.2) is 6.61 Å². The van der Waals surface area contributed by atoms with E-state index in [1.165, 1.54) is 0 Å². The molecule has 0 atom stereocenters. The van der Waals surface area contributed by atoms with Gasteiger partial charge in [-0.2, -0.15) is 0 Å². The molecule has 21 heavy (non-hydrogen) atoms. The molecule has 1 aromatic heterocycles. The molecule has 0 saturated heterocycles. The fourth-order valence-corrected chi connectivity index (χ4v) is 1.97. The molecule has 0 radical (unpaired) electrons. The maximum atomic E-state index is 11.7. The number of halogens is 2. The Morgan fingerprint density at radius 2 is 2.05 bits per heavy atom. The van der Waals surface area contributed by atoms with Crippen LogP contribution in [0.2, 0.25) is 5.02 Å². The molecule has 0 aliphatic carbocycles. The molecule has 0 aliphatic heterocycles. The monoisotopic (exact) mass is 371 g/mol. The maximum absolute atomic E-state index is 11.7. The third-order valence-electron chi connectivity index (χ3n) is 2.40. The van der Waals surface area contributed by atoms with Crippen molar-refractivity contribution in [2.75, 3.05) is 6.61 Å². The second kappa shape index (κ2) is 7.14. The SMILES string of the molecule is O=C(COc1ccccc1Cl)NNC(=O)c1cc(Br)c[nH]1. The van der Waals surface area contributed by atoms with Crippen molar-refractivity contribution >= 4 is 39.3 Å². The summed E-state index contributed by atoms with van der Waals surface area (Å²) >= 11 is 9.09.